The lowest BCUT2D eigenvalue weighted by molar-refractivity contribution is 0.559. The summed E-state index contributed by atoms with van der Waals surface area (Å²) in [5, 5.41) is 8.67. The van der Waals surface area contributed by atoms with Crippen LogP contribution in [-0.4, -0.2) is 15.2 Å². The number of hydrogen-bond donors (Lipinski definition) is 1. The van der Waals surface area contributed by atoms with Crippen LogP contribution in [0.3, 0.4) is 0 Å². The van der Waals surface area contributed by atoms with Gasteiger partial charge >= 0.3 is 5.63 Å². The predicted octanol–water partition coefficient (Wildman–Crippen LogP) is 4.97. The van der Waals surface area contributed by atoms with Crippen LogP contribution in [0.15, 0.2) is 56.8 Å². The Kier molecular flexibility index (Phi) is 4.72. The van der Waals surface area contributed by atoms with E-state index < -0.39 is 5.63 Å². The summed E-state index contributed by atoms with van der Waals surface area (Å²) >= 11 is 7.54. The molecule has 2 aromatic carbocycles. The Morgan fingerprint density at radius 1 is 1.26 bits per heavy atom. The summed E-state index contributed by atoms with van der Waals surface area (Å²) in [7, 11) is 0. The summed E-state index contributed by atoms with van der Waals surface area (Å²) in [5.41, 5.74) is 2.01. The van der Waals surface area contributed by atoms with Crippen molar-refractivity contribution in [1.82, 2.24) is 15.2 Å². The van der Waals surface area contributed by atoms with E-state index in [1.165, 1.54) is 23.9 Å². The summed E-state index contributed by atoms with van der Waals surface area (Å²) in [4.78, 5) is 16.2. The molecule has 0 aliphatic heterocycles. The molecule has 0 atom stereocenters. The highest BCUT2D eigenvalue weighted by molar-refractivity contribution is 7.98. The third-order valence-corrected chi connectivity index (χ3v) is 5.36. The molecule has 27 heavy (non-hydrogen) atoms. The first-order valence-corrected chi connectivity index (χ1v) is 9.40. The zero-order valence-electron chi connectivity index (χ0n) is 14.1. The Hall–Kier alpha value is -2.64. The van der Waals surface area contributed by atoms with Crippen molar-refractivity contribution in [3.05, 3.63) is 74.9 Å². The van der Waals surface area contributed by atoms with E-state index in [9.17, 15) is 9.18 Å². The molecule has 0 saturated carbocycles. The van der Waals surface area contributed by atoms with E-state index in [2.05, 4.69) is 15.2 Å². The van der Waals surface area contributed by atoms with Crippen LogP contribution >= 0.6 is 23.4 Å². The fourth-order valence-electron chi connectivity index (χ4n) is 2.69. The zero-order chi connectivity index (χ0) is 19.0. The second kappa shape index (κ2) is 7.17. The molecule has 0 fully saturated rings. The minimum Gasteiger partial charge on any atom is -0.423 e. The van der Waals surface area contributed by atoms with E-state index >= 15 is 0 Å². The van der Waals surface area contributed by atoms with Crippen LogP contribution < -0.4 is 5.63 Å². The van der Waals surface area contributed by atoms with E-state index in [1.807, 2.05) is 6.92 Å². The van der Waals surface area contributed by atoms with Crippen molar-refractivity contribution < 1.29 is 8.81 Å². The van der Waals surface area contributed by atoms with Gasteiger partial charge in [-0.2, -0.15) is 0 Å². The smallest absolute Gasteiger partial charge is 0.336 e. The van der Waals surface area contributed by atoms with E-state index in [-0.39, 0.29) is 5.82 Å². The lowest BCUT2D eigenvalue weighted by Gasteiger charge is -2.06. The Balaban J connectivity index is 1.62. The first-order valence-electron chi connectivity index (χ1n) is 8.04. The van der Waals surface area contributed by atoms with Crippen LogP contribution in [0.5, 0.6) is 0 Å². The normalized spacial score (nSPS) is 11.2. The Morgan fingerprint density at radius 3 is 2.89 bits per heavy atom. The molecule has 4 rings (SSSR count). The highest BCUT2D eigenvalue weighted by atomic mass is 35.5. The van der Waals surface area contributed by atoms with Gasteiger partial charge in [0.2, 0.25) is 5.16 Å². The van der Waals surface area contributed by atoms with Gasteiger partial charge in [0.15, 0.2) is 5.82 Å². The van der Waals surface area contributed by atoms with Crippen molar-refractivity contribution >= 4 is 34.3 Å². The third kappa shape index (κ3) is 3.61. The molecule has 8 heteroatoms. The third-order valence-electron chi connectivity index (χ3n) is 4.06. The van der Waals surface area contributed by atoms with E-state index in [0.29, 0.717) is 32.9 Å². The number of fused-ring (bicyclic) bond motifs is 1. The number of nitrogens with zero attached hydrogens (tertiary/aromatic N) is 2. The van der Waals surface area contributed by atoms with Gasteiger partial charge in [-0.05, 0) is 42.3 Å². The summed E-state index contributed by atoms with van der Waals surface area (Å²) in [5.74, 6) is 0.421. The minimum absolute atomic E-state index is 0.352. The van der Waals surface area contributed by atoms with Crippen LogP contribution in [0.2, 0.25) is 5.02 Å². The molecule has 0 unspecified atom stereocenters. The number of H-pyrrole nitrogens is 1. The molecule has 4 aromatic rings. The molecule has 0 amide bonds. The van der Waals surface area contributed by atoms with Crippen molar-refractivity contribution in [2.24, 2.45) is 0 Å². The summed E-state index contributed by atoms with van der Waals surface area (Å²) < 4.78 is 19.1. The Morgan fingerprint density at radius 2 is 2.07 bits per heavy atom. The molecule has 0 aliphatic carbocycles. The molecule has 5 nitrogen and oxygen atoms in total. The van der Waals surface area contributed by atoms with E-state index in [0.717, 1.165) is 16.5 Å². The van der Waals surface area contributed by atoms with Crippen molar-refractivity contribution in [3.63, 3.8) is 0 Å². The molecule has 0 saturated heterocycles. The van der Waals surface area contributed by atoms with Crippen molar-refractivity contribution in [1.29, 1.82) is 0 Å². The van der Waals surface area contributed by atoms with Gasteiger partial charge in [-0.15, -0.1) is 5.10 Å². The van der Waals surface area contributed by atoms with Gasteiger partial charge in [0.1, 0.15) is 11.4 Å². The van der Waals surface area contributed by atoms with Crippen LogP contribution in [0.25, 0.3) is 22.4 Å². The van der Waals surface area contributed by atoms with Gasteiger partial charge in [0.25, 0.3) is 0 Å². The number of aromatic amines is 1. The molecule has 1 N–H and O–H groups in total. The van der Waals surface area contributed by atoms with E-state index in [4.69, 9.17) is 16.0 Å². The van der Waals surface area contributed by atoms with Gasteiger partial charge in [-0.3, -0.25) is 5.10 Å². The predicted molar refractivity (Wildman–Crippen MR) is 104 cm³/mol. The number of halogens is 2. The largest absolute Gasteiger partial charge is 0.423 e. The second-order valence-corrected chi connectivity index (χ2v) is 7.27. The number of nitrogens with one attached hydrogen (secondary N) is 1. The quantitative estimate of drug-likeness (QED) is 0.386. The molecule has 0 bridgehead atoms. The zero-order valence-corrected chi connectivity index (χ0v) is 15.7. The maximum Gasteiger partial charge on any atom is 0.336 e. The van der Waals surface area contributed by atoms with Crippen LogP contribution in [0.4, 0.5) is 4.39 Å². The highest BCUT2D eigenvalue weighted by Crippen LogP contribution is 2.29. The number of aromatic nitrogens is 3. The lowest BCUT2D eigenvalue weighted by atomic mass is 10.1. The monoisotopic (exact) mass is 401 g/mol. The summed E-state index contributed by atoms with van der Waals surface area (Å²) in [6.07, 6.45) is 0. The Labute approximate surface area is 162 Å². The molecular weight excluding hydrogens is 389 g/mol. The highest BCUT2D eigenvalue weighted by Gasteiger charge is 2.13. The minimum atomic E-state index is -0.429. The molecule has 136 valence electrons. The topological polar surface area (TPSA) is 71.8 Å². The van der Waals surface area contributed by atoms with Gasteiger partial charge in [-0.25, -0.2) is 14.2 Å². The van der Waals surface area contributed by atoms with Crippen molar-refractivity contribution in [2.75, 3.05) is 0 Å². The average molecular weight is 402 g/mol. The average Bonchev–Trinajstić information content (AvgIpc) is 3.10. The maximum absolute atomic E-state index is 13.9. The van der Waals surface area contributed by atoms with Crippen LogP contribution in [0.1, 0.15) is 11.1 Å². The molecule has 0 spiro atoms. The molecule has 2 heterocycles. The maximum atomic E-state index is 13.9. The molecule has 0 aliphatic rings. The summed E-state index contributed by atoms with van der Waals surface area (Å²) in [6, 6.07) is 11.3. The fourth-order valence-corrected chi connectivity index (χ4v) is 3.65. The van der Waals surface area contributed by atoms with Gasteiger partial charge in [-0.1, -0.05) is 35.5 Å². The first kappa shape index (κ1) is 17.8. The number of thioether (sulfide) groups is 1. The number of benzene rings is 2. The standard InChI is InChI=1S/C19H13ClFN3O2S/c1-10-6-16-13(8-14(10)20)11(7-17(25)26-16)9-27-19-22-18(23-24-19)12-4-2-3-5-15(12)21/h2-8H,9H2,1H3,(H,22,23,24). The molecule has 2 aromatic heterocycles. The van der Waals surface area contributed by atoms with Gasteiger partial charge in [0.05, 0.1) is 5.56 Å². The van der Waals surface area contributed by atoms with Crippen LogP contribution in [-0.2, 0) is 5.75 Å². The number of rotatable bonds is 4. The van der Waals surface area contributed by atoms with Gasteiger partial charge in [0, 0.05) is 22.2 Å². The summed E-state index contributed by atoms with van der Waals surface area (Å²) in [6.45, 7) is 1.85. The lowest BCUT2D eigenvalue weighted by Crippen LogP contribution is -2.00. The molecule has 0 radical (unpaired) electrons. The number of aryl methyl sites for hydroxylation is 1. The van der Waals surface area contributed by atoms with Crippen LogP contribution in [0, 0.1) is 12.7 Å². The molecular formula is C19H13ClFN3O2S. The SMILES string of the molecule is Cc1cc2oc(=O)cc(CSc3n[nH]c(-c4ccccc4F)n3)c2cc1Cl. The van der Waals surface area contributed by atoms with Crippen molar-refractivity contribution in [2.45, 2.75) is 17.8 Å². The second-order valence-electron chi connectivity index (χ2n) is 5.92. The number of hydrogen-bond acceptors (Lipinski definition) is 5. The van der Waals surface area contributed by atoms with E-state index in [1.54, 1.807) is 30.3 Å². The van der Waals surface area contributed by atoms with Crippen molar-refractivity contribution in [3.8, 4) is 11.4 Å². The van der Waals surface area contributed by atoms with Gasteiger partial charge < -0.3 is 4.42 Å². The fraction of sp³-hybridized carbons (Fsp3) is 0.105. The Bertz CT molecular complexity index is 1210. The first-order chi connectivity index (χ1) is 13.0.